The minimum absolute atomic E-state index is 0.000573. The Morgan fingerprint density at radius 1 is 1.19 bits per heavy atom. The van der Waals surface area contributed by atoms with Crippen LogP contribution in [0.15, 0.2) is 30.3 Å². The average molecular weight is 290 g/mol. The molecule has 0 spiro atoms. The molecule has 4 nitrogen and oxygen atoms in total. The maximum atomic E-state index is 12.1. The predicted molar refractivity (Wildman–Crippen MR) is 83.9 cm³/mol. The molecule has 1 aliphatic rings. The number of amides is 1. The van der Waals surface area contributed by atoms with Gasteiger partial charge in [-0.2, -0.15) is 0 Å². The zero-order valence-electron chi connectivity index (χ0n) is 12.8. The molecule has 1 fully saturated rings. The molecule has 21 heavy (non-hydrogen) atoms. The summed E-state index contributed by atoms with van der Waals surface area (Å²) in [4.78, 5) is 14.3. The van der Waals surface area contributed by atoms with Gasteiger partial charge in [-0.3, -0.25) is 9.69 Å². The Hall–Kier alpha value is -1.39. The summed E-state index contributed by atoms with van der Waals surface area (Å²) in [6.07, 6.45) is 4.22. The zero-order valence-corrected chi connectivity index (χ0v) is 12.8. The number of rotatable bonds is 5. The second-order valence-electron chi connectivity index (χ2n) is 5.90. The van der Waals surface area contributed by atoms with Crippen molar-refractivity contribution in [3.05, 3.63) is 35.9 Å². The highest BCUT2D eigenvalue weighted by atomic mass is 16.3. The molecular formula is C17H26N2O2. The average Bonchev–Trinajstić information content (AvgIpc) is 2.75. The molecule has 1 aromatic carbocycles. The van der Waals surface area contributed by atoms with Crippen LogP contribution in [-0.4, -0.2) is 41.6 Å². The first-order chi connectivity index (χ1) is 10.2. The van der Waals surface area contributed by atoms with E-state index in [9.17, 15) is 9.90 Å². The van der Waals surface area contributed by atoms with Crippen LogP contribution < -0.4 is 5.32 Å². The van der Waals surface area contributed by atoms with Gasteiger partial charge in [0.1, 0.15) is 0 Å². The molecule has 2 N–H and O–H groups in total. The number of hydrogen-bond donors (Lipinski definition) is 2. The van der Waals surface area contributed by atoms with E-state index in [0.29, 0.717) is 6.54 Å². The van der Waals surface area contributed by atoms with E-state index in [2.05, 4.69) is 10.2 Å². The van der Waals surface area contributed by atoms with Gasteiger partial charge in [0, 0.05) is 0 Å². The molecule has 0 unspecified atom stereocenters. The minimum Gasteiger partial charge on any atom is -0.386 e. The lowest BCUT2D eigenvalue weighted by Gasteiger charge is -2.23. The van der Waals surface area contributed by atoms with Gasteiger partial charge in [0.15, 0.2) is 0 Å². The van der Waals surface area contributed by atoms with Gasteiger partial charge in [-0.1, -0.05) is 43.2 Å². The summed E-state index contributed by atoms with van der Waals surface area (Å²) >= 11 is 0. The second-order valence-corrected chi connectivity index (χ2v) is 5.90. The van der Waals surface area contributed by atoms with E-state index in [0.717, 1.165) is 18.7 Å². The first kappa shape index (κ1) is 16.0. The summed E-state index contributed by atoms with van der Waals surface area (Å²) in [5.41, 5.74) is 0.833. The summed E-state index contributed by atoms with van der Waals surface area (Å²) in [5, 5.41) is 13.2. The number of carbonyl (C=O) groups is 1. The Kier molecular flexibility index (Phi) is 6.21. The number of nitrogens with zero attached hydrogens (tertiary/aromatic N) is 1. The zero-order chi connectivity index (χ0) is 15.1. The SMILES string of the molecule is C[C@H](NC(=O)CN1CCCCCC1)[C@H](O)c1ccccc1. The standard InChI is InChI=1S/C17H26N2O2/c1-14(17(21)15-9-5-4-6-10-15)18-16(20)13-19-11-7-2-3-8-12-19/h4-6,9-10,14,17,21H,2-3,7-8,11-13H2,1H3,(H,18,20)/t14-,17-/m0/s1. The van der Waals surface area contributed by atoms with E-state index in [1.807, 2.05) is 37.3 Å². The van der Waals surface area contributed by atoms with Crippen LogP contribution in [0.2, 0.25) is 0 Å². The predicted octanol–water partition coefficient (Wildman–Crippen LogP) is 2.10. The number of benzene rings is 1. The number of nitrogens with one attached hydrogen (secondary N) is 1. The minimum atomic E-state index is -0.667. The Labute approximate surface area is 127 Å². The van der Waals surface area contributed by atoms with Crippen molar-refractivity contribution in [2.24, 2.45) is 0 Å². The number of aliphatic hydroxyl groups is 1. The molecule has 116 valence electrons. The largest absolute Gasteiger partial charge is 0.386 e. The summed E-state index contributed by atoms with van der Waals surface area (Å²) < 4.78 is 0. The fourth-order valence-electron chi connectivity index (χ4n) is 2.81. The van der Waals surface area contributed by atoms with Gasteiger partial charge in [0.2, 0.25) is 5.91 Å². The fraction of sp³-hybridized carbons (Fsp3) is 0.588. The third-order valence-electron chi connectivity index (χ3n) is 4.07. The molecule has 0 aliphatic carbocycles. The summed E-state index contributed by atoms with van der Waals surface area (Å²) in [7, 11) is 0. The van der Waals surface area contributed by atoms with Crippen molar-refractivity contribution in [1.82, 2.24) is 10.2 Å². The maximum absolute atomic E-state index is 12.1. The van der Waals surface area contributed by atoms with E-state index in [1.165, 1.54) is 25.7 Å². The van der Waals surface area contributed by atoms with E-state index >= 15 is 0 Å². The monoisotopic (exact) mass is 290 g/mol. The lowest BCUT2D eigenvalue weighted by molar-refractivity contribution is -0.123. The molecule has 0 aromatic heterocycles. The van der Waals surface area contributed by atoms with Crippen molar-refractivity contribution in [3.63, 3.8) is 0 Å². The van der Waals surface area contributed by atoms with E-state index in [4.69, 9.17) is 0 Å². The van der Waals surface area contributed by atoms with Crippen molar-refractivity contribution in [1.29, 1.82) is 0 Å². The number of hydrogen-bond acceptors (Lipinski definition) is 3. The van der Waals surface area contributed by atoms with Gasteiger partial charge >= 0.3 is 0 Å². The highest BCUT2D eigenvalue weighted by Gasteiger charge is 2.19. The van der Waals surface area contributed by atoms with E-state index in [-0.39, 0.29) is 11.9 Å². The molecule has 0 bridgehead atoms. The van der Waals surface area contributed by atoms with Crippen LogP contribution in [0.4, 0.5) is 0 Å². The highest BCUT2D eigenvalue weighted by molar-refractivity contribution is 5.78. The Morgan fingerprint density at radius 2 is 1.81 bits per heavy atom. The molecule has 1 aromatic rings. The molecule has 2 rings (SSSR count). The lowest BCUT2D eigenvalue weighted by Crippen LogP contribution is -2.43. The third kappa shape index (κ3) is 5.14. The quantitative estimate of drug-likeness (QED) is 0.873. The molecule has 0 radical (unpaired) electrons. The first-order valence-electron chi connectivity index (χ1n) is 7.91. The topological polar surface area (TPSA) is 52.6 Å². The van der Waals surface area contributed by atoms with E-state index in [1.54, 1.807) is 0 Å². The van der Waals surface area contributed by atoms with Crippen molar-refractivity contribution in [3.8, 4) is 0 Å². The van der Waals surface area contributed by atoms with Crippen molar-refractivity contribution >= 4 is 5.91 Å². The van der Waals surface area contributed by atoms with Gasteiger partial charge in [-0.05, 0) is 38.4 Å². The summed E-state index contributed by atoms with van der Waals surface area (Å²) in [6, 6.07) is 9.17. The first-order valence-corrected chi connectivity index (χ1v) is 7.91. The third-order valence-corrected chi connectivity index (χ3v) is 4.07. The maximum Gasteiger partial charge on any atom is 0.234 e. The molecule has 1 saturated heterocycles. The Morgan fingerprint density at radius 3 is 2.43 bits per heavy atom. The van der Waals surface area contributed by atoms with Crippen molar-refractivity contribution in [2.75, 3.05) is 19.6 Å². The molecule has 2 atom stereocenters. The smallest absolute Gasteiger partial charge is 0.234 e. The number of carbonyl (C=O) groups excluding carboxylic acids is 1. The van der Waals surface area contributed by atoms with Crippen LogP contribution in [0.25, 0.3) is 0 Å². The van der Waals surface area contributed by atoms with Gasteiger partial charge < -0.3 is 10.4 Å². The van der Waals surface area contributed by atoms with Gasteiger partial charge in [0.25, 0.3) is 0 Å². The molecular weight excluding hydrogens is 264 g/mol. The van der Waals surface area contributed by atoms with Crippen LogP contribution in [-0.2, 0) is 4.79 Å². The number of likely N-dealkylation sites (tertiary alicyclic amines) is 1. The molecule has 1 heterocycles. The highest BCUT2D eigenvalue weighted by Crippen LogP contribution is 2.16. The second kappa shape index (κ2) is 8.15. The summed E-state index contributed by atoms with van der Waals surface area (Å²) in [6.45, 7) is 4.29. The van der Waals surface area contributed by atoms with Crippen LogP contribution in [0, 0.1) is 0 Å². The molecule has 1 amide bonds. The Balaban J connectivity index is 1.81. The fourth-order valence-corrected chi connectivity index (χ4v) is 2.81. The van der Waals surface area contributed by atoms with Gasteiger partial charge in [-0.25, -0.2) is 0 Å². The molecule has 1 aliphatic heterocycles. The van der Waals surface area contributed by atoms with Crippen LogP contribution in [0.5, 0.6) is 0 Å². The van der Waals surface area contributed by atoms with Crippen molar-refractivity contribution in [2.45, 2.75) is 44.8 Å². The Bertz CT molecular complexity index is 428. The van der Waals surface area contributed by atoms with Crippen LogP contribution in [0.3, 0.4) is 0 Å². The lowest BCUT2D eigenvalue weighted by atomic mass is 10.0. The van der Waals surface area contributed by atoms with E-state index < -0.39 is 6.10 Å². The van der Waals surface area contributed by atoms with Gasteiger partial charge in [0.05, 0.1) is 18.7 Å². The molecule has 4 heteroatoms. The van der Waals surface area contributed by atoms with Crippen LogP contribution >= 0.6 is 0 Å². The summed E-state index contributed by atoms with van der Waals surface area (Å²) in [5.74, 6) is -0.000573. The van der Waals surface area contributed by atoms with Gasteiger partial charge in [-0.15, -0.1) is 0 Å². The molecule has 0 saturated carbocycles. The number of aliphatic hydroxyl groups excluding tert-OH is 1. The normalized spacial score (nSPS) is 19.5. The van der Waals surface area contributed by atoms with Crippen molar-refractivity contribution < 1.29 is 9.90 Å². The van der Waals surface area contributed by atoms with Crippen LogP contribution in [0.1, 0.15) is 44.3 Å².